The standard InChI is InChI=1S/C32H41F4N3O/c1-22-17-26(8-6-24-10-15-38(16-11-24)21-31(12-4-13-31)32(34,35)36)37-19-29(22)25-7-9-28(30(33)18-25)23(2)39-14-3-5-27(39)20-40/h7,9,17-19,24,27,40H,2-6,8,10-16,20-21H2,1H3. The van der Waals surface area contributed by atoms with E-state index in [4.69, 9.17) is 0 Å². The molecule has 1 saturated carbocycles. The van der Waals surface area contributed by atoms with Crippen LogP contribution in [0.25, 0.3) is 16.8 Å². The average molecular weight is 560 g/mol. The number of pyridine rings is 1. The number of nitrogens with zero attached hydrogens (tertiary/aromatic N) is 3. The number of piperidine rings is 1. The first-order valence-electron chi connectivity index (χ1n) is 14.7. The van der Waals surface area contributed by atoms with Gasteiger partial charge in [0.2, 0.25) is 0 Å². The first kappa shape index (κ1) is 29.1. The molecule has 0 radical (unpaired) electrons. The van der Waals surface area contributed by atoms with Crippen LogP contribution in [0.3, 0.4) is 0 Å². The minimum Gasteiger partial charge on any atom is -0.394 e. The number of benzene rings is 1. The number of aromatic nitrogens is 1. The predicted octanol–water partition coefficient (Wildman–Crippen LogP) is 7.00. The van der Waals surface area contributed by atoms with Gasteiger partial charge in [-0.15, -0.1) is 0 Å². The van der Waals surface area contributed by atoms with Crippen molar-refractivity contribution in [3.8, 4) is 11.1 Å². The van der Waals surface area contributed by atoms with Gasteiger partial charge in [-0.1, -0.05) is 19.1 Å². The maximum absolute atomic E-state index is 15.2. The number of likely N-dealkylation sites (tertiary alicyclic amines) is 2. The second-order valence-electron chi connectivity index (χ2n) is 12.2. The molecule has 1 unspecified atom stereocenters. The quantitative estimate of drug-likeness (QED) is 0.336. The summed E-state index contributed by atoms with van der Waals surface area (Å²) in [6.45, 7) is 8.56. The minimum absolute atomic E-state index is 0.00746. The summed E-state index contributed by atoms with van der Waals surface area (Å²) in [7, 11) is 0. The molecule has 1 aromatic heterocycles. The van der Waals surface area contributed by atoms with E-state index in [2.05, 4.69) is 17.6 Å². The van der Waals surface area contributed by atoms with E-state index in [1.807, 2.05) is 29.0 Å². The van der Waals surface area contributed by atoms with Crippen LogP contribution < -0.4 is 0 Å². The third-order valence-electron chi connectivity index (χ3n) is 9.65. The summed E-state index contributed by atoms with van der Waals surface area (Å²) in [5.74, 6) is 0.163. The SMILES string of the molecule is C=C(c1ccc(-c2cnc(CCC3CCN(CC4(C(F)(F)F)CCC4)CC3)cc2C)cc1F)N1CCCC1CO. The van der Waals surface area contributed by atoms with E-state index < -0.39 is 11.6 Å². The second kappa shape index (κ2) is 11.8. The van der Waals surface area contributed by atoms with Crippen LogP contribution in [-0.4, -0.2) is 64.9 Å². The van der Waals surface area contributed by atoms with Gasteiger partial charge in [0.1, 0.15) is 5.82 Å². The fourth-order valence-corrected chi connectivity index (χ4v) is 6.85. The Kier molecular flexibility index (Phi) is 8.58. The van der Waals surface area contributed by atoms with Crippen LogP contribution >= 0.6 is 0 Å². The van der Waals surface area contributed by atoms with Gasteiger partial charge in [-0.3, -0.25) is 4.98 Å². The molecule has 218 valence electrons. The zero-order valence-corrected chi connectivity index (χ0v) is 23.4. The maximum atomic E-state index is 15.2. The number of alkyl halides is 3. The summed E-state index contributed by atoms with van der Waals surface area (Å²) < 4.78 is 55.8. The molecule has 3 aliphatic rings. The Morgan fingerprint density at radius 3 is 2.45 bits per heavy atom. The Labute approximate surface area is 235 Å². The average Bonchev–Trinajstić information content (AvgIpc) is 3.38. The van der Waals surface area contributed by atoms with Crippen molar-refractivity contribution in [1.29, 1.82) is 0 Å². The molecule has 4 nitrogen and oxygen atoms in total. The van der Waals surface area contributed by atoms with Crippen molar-refractivity contribution >= 4 is 5.70 Å². The van der Waals surface area contributed by atoms with Gasteiger partial charge >= 0.3 is 6.18 Å². The highest BCUT2D eigenvalue weighted by Gasteiger charge is 2.58. The lowest BCUT2D eigenvalue weighted by atomic mass is 9.67. The van der Waals surface area contributed by atoms with Crippen molar-refractivity contribution in [3.63, 3.8) is 0 Å². The maximum Gasteiger partial charge on any atom is 0.395 e. The number of hydrogen-bond donors (Lipinski definition) is 1. The van der Waals surface area contributed by atoms with Gasteiger partial charge in [-0.2, -0.15) is 13.2 Å². The number of rotatable bonds is 9. The molecule has 5 rings (SSSR count). The Morgan fingerprint density at radius 1 is 1.10 bits per heavy atom. The fourth-order valence-electron chi connectivity index (χ4n) is 6.85. The molecule has 2 aromatic rings. The Balaban J connectivity index is 1.15. The van der Waals surface area contributed by atoms with Gasteiger partial charge in [0, 0.05) is 41.8 Å². The van der Waals surface area contributed by atoms with Gasteiger partial charge in [0.15, 0.2) is 0 Å². The van der Waals surface area contributed by atoms with Crippen LogP contribution in [0, 0.1) is 24.1 Å². The smallest absolute Gasteiger partial charge is 0.394 e. The van der Waals surface area contributed by atoms with Crippen molar-refractivity contribution in [3.05, 3.63) is 59.7 Å². The van der Waals surface area contributed by atoms with Crippen molar-refractivity contribution in [1.82, 2.24) is 14.8 Å². The highest BCUT2D eigenvalue weighted by atomic mass is 19.4. The lowest BCUT2D eigenvalue weighted by molar-refractivity contribution is -0.256. The summed E-state index contributed by atoms with van der Waals surface area (Å²) >= 11 is 0. The van der Waals surface area contributed by atoms with Crippen LogP contribution in [0.5, 0.6) is 0 Å². The third kappa shape index (κ3) is 5.94. The largest absolute Gasteiger partial charge is 0.395 e. The zero-order valence-electron chi connectivity index (χ0n) is 23.4. The fraction of sp³-hybridized carbons (Fsp3) is 0.594. The molecule has 1 aromatic carbocycles. The third-order valence-corrected chi connectivity index (χ3v) is 9.65. The number of aryl methyl sites for hydroxylation is 2. The molecule has 1 aliphatic carbocycles. The van der Waals surface area contributed by atoms with Crippen LogP contribution in [0.2, 0.25) is 0 Å². The summed E-state index contributed by atoms with van der Waals surface area (Å²) in [5, 5.41) is 9.62. The zero-order chi connectivity index (χ0) is 28.5. The molecule has 3 fully saturated rings. The molecular formula is C32H41F4N3O. The van der Waals surface area contributed by atoms with Crippen molar-refractivity contribution in [2.24, 2.45) is 11.3 Å². The molecule has 0 amide bonds. The minimum atomic E-state index is -4.10. The van der Waals surface area contributed by atoms with E-state index in [-0.39, 0.29) is 37.9 Å². The van der Waals surface area contributed by atoms with Crippen molar-refractivity contribution < 1.29 is 22.7 Å². The highest BCUT2D eigenvalue weighted by molar-refractivity contribution is 5.71. The number of aliphatic hydroxyl groups excluding tert-OH is 1. The van der Waals surface area contributed by atoms with E-state index in [0.29, 0.717) is 23.6 Å². The summed E-state index contributed by atoms with van der Waals surface area (Å²) in [6.07, 6.45) is 4.44. The van der Waals surface area contributed by atoms with Crippen LogP contribution in [0.1, 0.15) is 68.2 Å². The molecule has 0 spiro atoms. The predicted molar refractivity (Wildman–Crippen MR) is 150 cm³/mol. The van der Waals surface area contributed by atoms with Gasteiger partial charge < -0.3 is 14.9 Å². The van der Waals surface area contributed by atoms with E-state index in [1.165, 1.54) is 6.07 Å². The van der Waals surface area contributed by atoms with Gasteiger partial charge in [-0.25, -0.2) is 4.39 Å². The molecule has 8 heteroatoms. The molecule has 2 saturated heterocycles. The Hall–Kier alpha value is -2.45. The summed E-state index contributed by atoms with van der Waals surface area (Å²) in [5.41, 5.74) is 3.26. The second-order valence-corrected chi connectivity index (χ2v) is 12.2. The van der Waals surface area contributed by atoms with Gasteiger partial charge in [0.05, 0.1) is 18.1 Å². The molecule has 1 N–H and O–H groups in total. The van der Waals surface area contributed by atoms with Crippen LogP contribution in [0.4, 0.5) is 17.6 Å². The molecule has 2 aliphatic heterocycles. The van der Waals surface area contributed by atoms with Crippen molar-refractivity contribution in [2.75, 3.05) is 32.8 Å². The van der Waals surface area contributed by atoms with Gasteiger partial charge in [0.25, 0.3) is 0 Å². The lowest BCUT2D eigenvalue weighted by Gasteiger charge is -2.47. The number of hydrogen-bond acceptors (Lipinski definition) is 4. The monoisotopic (exact) mass is 559 g/mol. The van der Waals surface area contributed by atoms with E-state index in [1.54, 1.807) is 6.07 Å². The van der Waals surface area contributed by atoms with E-state index in [9.17, 15) is 18.3 Å². The lowest BCUT2D eigenvalue weighted by Crippen LogP contribution is -2.53. The Bertz CT molecular complexity index is 1200. The van der Waals surface area contributed by atoms with Crippen LogP contribution in [-0.2, 0) is 6.42 Å². The number of halogens is 4. The van der Waals surface area contributed by atoms with Crippen molar-refractivity contribution in [2.45, 2.75) is 76.9 Å². The first-order chi connectivity index (χ1) is 19.1. The van der Waals surface area contributed by atoms with Gasteiger partial charge in [-0.05, 0) is 107 Å². The van der Waals surface area contributed by atoms with Crippen LogP contribution in [0.15, 0.2) is 37.0 Å². The molecule has 0 bridgehead atoms. The van der Waals surface area contributed by atoms with E-state index in [0.717, 1.165) is 80.5 Å². The molecule has 40 heavy (non-hydrogen) atoms. The Morgan fingerprint density at radius 2 is 1.85 bits per heavy atom. The summed E-state index contributed by atoms with van der Waals surface area (Å²) in [6, 6.07) is 7.26. The normalized spacial score (nSPS) is 21.9. The molecular weight excluding hydrogens is 518 g/mol. The summed E-state index contributed by atoms with van der Waals surface area (Å²) in [4.78, 5) is 8.69. The number of aliphatic hydroxyl groups is 1. The highest BCUT2D eigenvalue weighted by Crippen LogP contribution is 2.53. The first-order valence-corrected chi connectivity index (χ1v) is 14.7. The molecule has 3 heterocycles. The topological polar surface area (TPSA) is 39.6 Å². The van der Waals surface area contributed by atoms with E-state index >= 15 is 4.39 Å². The molecule has 1 atom stereocenters.